The van der Waals surface area contributed by atoms with Crippen molar-refractivity contribution < 1.29 is 32.6 Å². The van der Waals surface area contributed by atoms with Crippen molar-refractivity contribution in [2.45, 2.75) is 58.4 Å². The monoisotopic (exact) mass is 558 g/mol. The van der Waals surface area contributed by atoms with Crippen molar-refractivity contribution in [2.24, 2.45) is 5.92 Å². The highest BCUT2D eigenvalue weighted by Crippen LogP contribution is 2.35. The fourth-order valence-electron chi connectivity index (χ4n) is 3.68. The molecular formula is C27H34N4O7S. The Balaban J connectivity index is 2.14. The summed E-state index contributed by atoms with van der Waals surface area (Å²) < 4.78 is 42.0. The number of nitrogens with one attached hydrogen (secondary N) is 2. The van der Waals surface area contributed by atoms with Gasteiger partial charge in [0.2, 0.25) is 21.8 Å². The number of benzene rings is 2. The highest BCUT2D eigenvalue weighted by Gasteiger charge is 2.27. The van der Waals surface area contributed by atoms with Gasteiger partial charge < -0.3 is 19.9 Å². The van der Waals surface area contributed by atoms with Crippen molar-refractivity contribution in [3.8, 4) is 23.1 Å². The van der Waals surface area contributed by atoms with E-state index in [1.807, 2.05) is 20.8 Å². The van der Waals surface area contributed by atoms with Crippen LogP contribution < -0.4 is 19.5 Å². The average molecular weight is 559 g/mol. The normalized spacial score (nSPS) is 12.3. The number of hydrogen-bond donors (Lipinski definition) is 3. The largest absolute Gasteiger partial charge is 0.497 e. The maximum absolute atomic E-state index is 13.4. The van der Waals surface area contributed by atoms with Gasteiger partial charge in [-0.25, -0.2) is 17.9 Å². The van der Waals surface area contributed by atoms with E-state index in [1.165, 1.54) is 36.9 Å². The second-order valence-corrected chi connectivity index (χ2v) is 11.2. The van der Waals surface area contributed by atoms with Gasteiger partial charge in [-0.3, -0.25) is 4.79 Å². The van der Waals surface area contributed by atoms with E-state index in [9.17, 15) is 23.1 Å². The molecule has 39 heavy (non-hydrogen) atoms. The molecule has 0 aliphatic rings. The van der Waals surface area contributed by atoms with Gasteiger partial charge in [-0.15, -0.1) is 0 Å². The standard InChI is InChI=1S/C27H34N4O7S/c1-7-17(4)30-39(35,36)23-15-19(28-24(32)14-16(2)3)8-13-22(23)38-26-18(5)25(27(33)34)29-31(26)20-9-11-21(37-6)12-10-20/h8-13,15-17,30H,7,14H2,1-6H3,(H,28,32)(H,33,34)/t17-/m1/s1. The van der Waals surface area contributed by atoms with Crippen molar-refractivity contribution in [2.75, 3.05) is 12.4 Å². The molecule has 0 radical (unpaired) electrons. The number of ether oxygens (including phenoxy) is 2. The summed E-state index contributed by atoms with van der Waals surface area (Å²) in [5.41, 5.74) is 0.705. The molecule has 1 amide bonds. The SMILES string of the molecule is CC[C@@H](C)NS(=O)(=O)c1cc(NC(=O)CC(C)C)ccc1Oc1c(C)c(C(=O)O)nn1-c1ccc(OC)cc1. The van der Waals surface area contributed by atoms with Crippen LogP contribution in [0, 0.1) is 12.8 Å². The predicted octanol–water partition coefficient (Wildman–Crippen LogP) is 4.74. The fourth-order valence-corrected chi connectivity index (χ4v) is 5.16. The number of carbonyl (C=O) groups is 2. The molecule has 0 fully saturated rings. The van der Waals surface area contributed by atoms with Crippen molar-refractivity contribution in [1.29, 1.82) is 0 Å². The Bertz CT molecular complexity index is 1450. The lowest BCUT2D eigenvalue weighted by molar-refractivity contribution is -0.116. The number of aromatic carboxylic acids is 1. The van der Waals surface area contributed by atoms with Gasteiger partial charge in [0.15, 0.2) is 5.69 Å². The van der Waals surface area contributed by atoms with Gasteiger partial charge in [0.05, 0.1) is 12.8 Å². The molecule has 1 heterocycles. The van der Waals surface area contributed by atoms with Crippen molar-refractivity contribution in [3.05, 3.63) is 53.7 Å². The van der Waals surface area contributed by atoms with Crippen LogP contribution in [0.2, 0.25) is 0 Å². The van der Waals surface area contributed by atoms with Crippen LogP contribution >= 0.6 is 0 Å². The molecule has 11 nitrogen and oxygen atoms in total. The highest BCUT2D eigenvalue weighted by molar-refractivity contribution is 7.89. The minimum Gasteiger partial charge on any atom is -0.497 e. The molecule has 1 aromatic heterocycles. The number of carboxylic acid groups (broad SMARTS) is 1. The van der Waals surface area contributed by atoms with E-state index >= 15 is 0 Å². The van der Waals surface area contributed by atoms with E-state index in [2.05, 4.69) is 15.1 Å². The Morgan fingerprint density at radius 2 is 1.77 bits per heavy atom. The summed E-state index contributed by atoms with van der Waals surface area (Å²) >= 11 is 0. The third kappa shape index (κ3) is 7.15. The molecule has 0 saturated carbocycles. The summed E-state index contributed by atoms with van der Waals surface area (Å²) in [5, 5.41) is 16.6. The molecule has 210 valence electrons. The second kappa shape index (κ2) is 12.3. The van der Waals surface area contributed by atoms with Crippen LogP contribution in [-0.2, 0) is 14.8 Å². The zero-order valence-electron chi connectivity index (χ0n) is 22.8. The summed E-state index contributed by atoms with van der Waals surface area (Å²) in [6.45, 7) is 8.91. The van der Waals surface area contributed by atoms with Crippen LogP contribution in [0.3, 0.4) is 0 Å². The number of anilines is 1. The fraction of sp³-hybridized carbons (Fsp3) is 0.370. The minimum atomic E-state index is -4.10. The minimum absolute atomic E-state index is 0.0224. The number of rotatable bonds is 12. The summed E-state index contributed by atoms with van der Waals surface area (Å²) in [5.74, 6) is -0.859. The molecule has 0 aliphatic heterocycles. The number of carboxylic acids is 1. The summed E-state index contributed by atoms with van der Waals surface area (Å²) in [4.78, 5) is 24.0. The maximum atomic E-state index is 13.4. The third-order valence-electron chi connectivity index (χ3n) is 5.87. The molecule has 2 aromatic carbocycles. The van der Waals surface area contributed by atoms with Gasteiger partial charge in [-0.2, -0.15) is 9.78 Å². The smallest absolute Gasteiger partial charge is 0.356 e. The van der Waals surface area contributed by atoms with Crippen molar-refractivity contribution >= 4 is 27.6 Å². The topological polar surface area (TPSA) is 149 Å². The van der Waals surface area contributed by atoms with Crippen LogP contribution in [0.4, 0.5) is 5.69 Å². The quantitative estimate of drug-likeness (QED) is 0.289. The third-order valence-corrected chi connectivity index (χ3v) is 7.48. The highest BCUT2D eigenvalue weighted by atomic mass is 32.2. The lowest BCUT2D eigenvalue weighted by Gasteiger charge is -2.18. The lowest BCUT2D eigenvalue weighted by atomic mass is 10.1. The summed E-state index contributed by atoms with van der Waals surface area (Å²) in [6.07, 6.45) is 0.815. The Hall–Kier alpha value is -3.90. The molecule has 1 atom stereocenters. The van der Waals surface area contributed by atoms with E-state index < -0.39 is 16.0 Å². The van der Waals surface area contributed by atoms with Gasteiger partial charge in [0.1, 0.15) is 16.4 Å². The molecular weight excluding hydrogens is 524 g/mol. The Kier molecular flexibility index (Phi) is 9.36. The van der Waals surface area contributed by atoms with Crippen molar-refractivity contribution in [3.63, 3.8) is 0 Å². The van der Waals surface area contributed by atoms with Gasteiger partial charge in [0.25, 0.3) is 0 Å². The molecule has 12 heteroatoms. The average Bonchev–Trinajstić information content (AvgIpc) is 3.20. The Morgan fingerprint density at radius 3 is 2.33 bits per heavy atom. The first-order valence-electron chi connectivity index (χ1n) is 12.5. The van der Waals surface area contributed by atoms with E-state index in [1.54, 1.807) is 31.2 Å². The summed E-state index contributed by atoms with van der Waals surface area (Å²) in [7, 11) is -2.58. The van der Waals surface area contributed by atoms with Crippen LogP contribution in [0.15, 0.2) is 47.4 Å². The van der Waals surface area contributed by atoms with Gasteiger partial charge >= 0.3 is 5.97 Å². The van der Waals surface area contributed by atoms with E-state index in [0.29, 0.717) is 17.9 Å². The van der Waals surface area contributed by atoms with Gasteiger partial charge in [0, 0.05) is 23.7 Å². The molecule has 3 rings (SSSR count). The molecule has 0 unspecified atom stereocenters. The number of sulfonamides is 1. The van der Waals surface area contributed by atoms with E-state index in [0.717, 1.165) is 0 Å². The molecule has 0 spiro atoms. The predicted molar refractivity (Wildman–Crippen MR) is 146 cm³/mol. The molecule has 3 aromatic rings. The Labute approximate surface area is 228 Å². The lowest BCUT2D eigenvalue weighted by Crippen LogP contribution is -2.32. The van der Waals surface area contributed by atoms with Crippen LogP contribution in [0.25, 0.3) is 5.69 Å². The van der Waals surface area contributed by atoms with Crippen LogP contribution in [-0.4, -0.2) is 48.3 Å². The van der Waals surface area contributed by atoms with Crippen molar-refractivity contribution in [1.82, 2.24) is 14.5 Å². The molecule has 3 N–H and O–H groups in total. The zero-order chi connectivity index (χ0) is 28.9. The van der Waals surface area contributed by atoms with Crippen LogP contribution in [0.5, 0.6) is 17.4 Å². The maximum Gasteiger partial charge on any atom is 0.356 e. The number of carbonyl (C=O) groups excluding carboxylic acids is 1. The number of aromatic nitrogens is 2. The number of methoxy groups -OCH3 is 1. The van der Waals surface area contributed by atoms with Gasteiger partial charge in [-0.05, 0) is 68.7 Å². The Morgan fingerprint density at radius 1 is 1.10 bits per heavy atom. The first-order valence-corrected chi connectivity index (χ1v) is 14.0. The molecule has 0 bridgehead atoms. The van der Waals surface area contributed by atoms with E-state index in [4.69, 9.17) is 9.47 Å². The molecule has 0 saturated heterocycles. The number of hydrogen-bond acceptors (Lipinski definition) is 7. The van der Waals surface area contributed by atoms with Crippen LogP contribution in [0.1, 0.15) is 56.6 Å². The first kappa shape index (κ1) is 29.7. The number of nitrogens with zero attached hydrogens (tertiary/aromatic N) is 2. The summed E-state index contributed by atoms with van der Waals surface area (Å²) in [6, 6.07) is 10.6. The second-order valence-electron chi connectivity index (χ2n) is 9.53. The molecule has 0 aliphatic carbocycles. The first-order chi connectivity index (χ1) is 18.4. The van der Waals surface area contributed by atoms with Gasteiger partial charge in [-0.1, -0.05) is 20.8 Å². The number of amides is 1. The zero-order valence-corrected chi connectivity index (χ0v) is 23.6. The van der Waals surface area contributed by atoms with E-state index in [-0.39, 0.29) is 57.8 Å².